The summed E-state index contributed by atoms with van der Waals surface area (Å²) in [5, 5.41) is 6.71. The predicted molar refractivity (Wildman–Crippen MR) is 111 cm³/mol. The molecule has 0 unspecified atom stereocenters. The molecule has 27 heavy (non-hydrogen) atoms. The van der Waals surface area contributed by atoms with Crippen molar-refractivity contribution in [2.45, 2.75) is 25.9 Å². The van der Waals surface area contributed by atoms with Crippen LogP contribution in [0.25, 0.3) is 11.0 Å². The van der Waals surface area contributed by atoms with Gasteiger partial charge in [-0.05, 0) is 40.6 Å². The minimum atomic E-state index is -0.306. The van der Waals surface area contributed by atoms with Crippen LogP contribution in [0.2, 0.25) is 0 Å². The summed E-state index contributed by atoms with van der Waals surface area (Å²) < 4.78 is 5.43. The first kappa shape index (κ1) is 17.7. The molecule has 2 aromatic carbocycles. The molecular formula is C23H21NO2S. The summed E-state index contributed by atoms with van der Waals surface area (Å²) in [7, 11) is 0. The number of aryl methyl sites for hydroxylation is 1. The van der Waals surface area contributed by atoms with E-state index in [1.165, 1.54) is 10.4 Å². The third kappa shape index (κ3) is 3.87. The lowest BCUT2D eigenvalue weighted by Crippen LogP contribution is -2.22. The molecule has 4 rings (SSSR count). The minimum Gasteiger partial charge on any atom is -0.423 e. The standard InChI is InChI=1S/C23H21NO2S/c1-2-16-10-11-19-18(14-22(25)26-20(19)13-16)15-24-23(21-9-6-12-27-21)17-7-4-3-5-8-17/h3-14,23-24H,2,15H2,1H3/t23-/m0/s1. The first-order valence-electron chi connectivity index (χ1n) is 9.12. The van der Waals surface area contributed by atoms with E-state index in [9.17, 15) is 4.79 Å². The quantitative estimate of drug-likeness (QED) is 0.465. The van der Waals surface area contributed by atoms with E-state index in [4.69, 9.17) is 4.42 Å². The number of fused-ring (bicyclic) bond motifs is 1. The molecule has 2 aromatic heterocycles. The van der Waals surface area contributed by atoms with Crippen molar-refractivity contribution in [1.29, 1.82) is 0 Å². The van der Waals surface area contributed by atoms with Gasteiger partial charge in [0.25, 0.3) is 0 Å². The predicted octanol–water partition coefficient (Wildman–Crippen LogP) is 5.30. The molecule has 2 heterocycles. The Bertz CT molecular complexity index is 1080. The zero-order chi connectivity index (χ0) is 18.6. The zero-order valence-electron chi connectivity index (χ0n) is 15.1. The van der Waals surface area contributed by atoms with Crippen LogP contribution >= 0.6 is 11.3 Å². The first-order chi connectivity index (χ1) is 13.2. The van der Waals surface area contributed by atoms with E-state index in [0.29, 0.717) is 12.1 Å². The summed E-state index contributed by atoms with van der Waals surface area (Å²) >= 11 is 1.73. The van der Waals surface area contributed by atoms with Gasteiger partial charge in [-0.2, -0.15) is 0 Å². The van der Waals surface area contributed by atoms with Crippen molar-refractivity contribution in [3.63, 3.8) is 0 Å². The third-order valence-corrected chi connectivity index (χ3v) is 5.70. The molecular weight excluding hydrogens is 354 g/mol. The maximum atomic E-state index is 12.1. The molecule has 0 aliphatic carbocycles. The second-order valence-corrected chi connectivity index (χ2v) is 7.49. The summed E-state index contributed by atoms with van der Waals surface area (Å²) in [5.41, 5.74) is 3.68. The van der Waals surface area contributed by atoms with Crippen LogP contribution in [0.15, 0.2) is 81.3 Å². The van der Waals surface area contributed by atoms with Crippen LogP contribution in [-0.2, 0) is 13.0 Å². The van der Waals surface area contributed by atoms with E-state index in [1.807, 2.05) is 12.1 Å². The van der Waals surface area contributed by atoms with Gasteiger partial charge >= 0.3 is 5.63 Å². The SMILES string of the molecule is CCc1ccc2c(CN[C@@H](c3ccccc3)c3cccs3)cc(=O)oc2c1. The van der Waals surface area contributed by atoms with Gasteiger partial charge in [0.2, 0.25) is 0 Å². The lowest BCUT2D eigenvalue weighted by atomic mass is 10.0. The maximum Gasteiger partial charge on any atom is 0.336 e. The monoisotopic (exact) mass is 375 g/mol. The van der Waals surface area contributed by atoms with Gasteiger partial charge in [-0.3, -0.25) is 0 Å². The highest BCUT2D eigenvalue weighted by molar-refractivity contribution is 7.10. The van der Waals surface area contributed by atoms with Crippen LogP contribution in [-0.4, -0.2) is 0 Å². The van der Waals surface area contributed by atoms with Gasteiger partial charge in [-0.25, -0.2) is 4.79 Å². The molecule has 136 valence electrons. The summed E-state index contributed by atoms with van der Waals surface area (Å²) in [6, 6.07) is 22.4. The summed E-state index contributed by atoms with van der Waals surface area (Å²) in [5.74, 6) is 0. The Morgan fingerprint density at radius 3 is 2.63 bits per heavy atom. The minimum absolute atomic E-state index is 0.0865. The average molecular weight is 375 g/mol. The van der Waals surface area contributed by atoms with E-state index < -0.39 is 0 Å². The van der Waals surface area contributed by atoms with Crippen molar-refractivity contribution >= 4 is 22.3 Å². The molecule has 1 atom stereocenters. The lowest BCUT2D eigenvalue weighted by Gasteiger charge is -2.18. The summed E-state index contributed by atoms with van der Waals surface area (Å²) in [6.45, 7) is 2.68. The summed E-state index contributed by atoms with van der Waals surface area (Å²) in [4.78, 5) is 13.3. The molecule has 4 heteroatoms. The van der Waals surface area contributed by atoms with Crippen LogP contribution in [0.4, 0.5) is 0 Å². The fraction of sp³-hybridized carbons (Fsp3) is 0.174. The largest absolute Gasteiger partial charge is 0.423 e. The van der Waals surface area contributed by atoms with Gasteiger partial charge in [0.05, 0.1) is 6.04 Å². The number of thiophene rings is 1. The van der Waals surface area contributed by atoms with Crippen molar-refractivity contribution in [1.82, 2.24) is 5.32 Å². The van der Waals surface area contributed by atoms with Crippen LogP contribution < -0.4 is 10.9 Å². The van der Waals surface area contributed by atoms with Gasteiger partial charge < -0.3 is 9.73 Å². The molecule has 0 fully saturated rings. The highest BCUT2D eigenvalue weighted by Crippen LogP contribution is 2.27. The molecule has 1 N–H and O–H groups in total. The normalized spacial score (nSPS) is 12.3. The smallest absolute Gasteiger partial charge is 0.336 e. The van der Waals surface area contributed by atoms with Crippen molar-refractivity contribution in [2.24, 2.45) is 0 Å². The van der Waals surface area contributed by atoms with Crippen LogP contribution in [0.1, 0.15) is 34.5 Å². The van der Waals surface area contributed by atoms with Gasteiger partial charge in [-0.1, -0.05) is 55.5 Å². The van der Waals surface area contributed by atoms with Gasteiger partial charge in [0.1, 0.15) is 5.58 Å². The van der Waals surface area contributed by atoms with Crippen molar-refractivity contribution in [3.8, 4) is 0 Å². The van der Waals surface area contributed by atoms with Crippen molar-refractivity contribution in [3.05, 3.63) is 104 Å². The molecule has 0 saturated heterocycles. The molecule has 0 aliphatic heterocycles. The number of hydrogen-bond acceptors (Lipinski definition) is 4. The Morgan fingerprint density at radius 1 is 1.04 bits per heavy atom. The number of benzene rings is 2. The topological polar surface area (TPSA) is 42.2 Å². The van der Waals surface area contributed by atoms with E-state index in [1.54, 1.807) is 17.4 Å². The Balaban J connectivity index is 1.68. The third-order valence-electron chi connectivity index (χ3n) is 4.76. The molecule has 4 aromatic rings. The van der Waals surface area contributed by atoms with Gasteiger partial charge in [-0.15, -0.1) is 11.3 Å². The number of hydrogen-bond donors (Lipinski definition) is 1. The number of nitrogens with one attached hydrogen (secondary N) is 1. The molecule has 3 nitrogen and oxygen atoms in total. The molecule has 0 spiro atoms. The molecule has 0 bridgehead atoms. The van der Waals surface area contributed by atoms with E-state index in [-0.39, 0.29) is 11.7 Å². The highest BCUT2D eigenvalue weighted by Gasteiger charge is 2.15. The Hall–Kier alpha value is -2.69. The van der Waals surface area contributed by atoms with E-state index >= 15 is 0 Å². The Morgan fingerprint density at radius 2 is 1.89 bits per heavy atom. The van der Waals surface area contributed by atoms with Crippen LogP contribution in [0.5, 0.6) is 0 Å². The van der Waals surface area contributed by atoms with E-state index in [2.05, 4.69) is 66.2 Å². The van der Waals surface area contributed by atoms with Crippen molar-refractivity contribution in [2.75, 3.05) is 0 Å². The number of rotatable bonds is 6. The fourth-order valence-electron chi connectivity index (χ4n) is 3.34. The lowest BCUT2D eigenvalue weighted by molar-refractivity contribution is 0.553. The molecule has 0 saturated carbocycles. The van der Waals surface area contributed by atoms with Crippen molar-refractivity contribution < 1.29 is 4.42 Å². The average Bonchev–Trinajstić information content (AvgIpc) is 3.22. The molecule has 0 radical (unpaired) electrons. The van der Waals surface area contributed by atoms with Gasteiger partial charge in [0.15, 0.2) is 0 Å². The van der Waals surface area contributed by atoms with Gasteiger partial charge in [0, 0.05) is 22.9 Å². The summed E-state index contributed by atoms with van der Waals surface area (Å²) in [6.07, 6.45) is 0.913. The zero-order valence-corrected chi connectivity index (χ0v) is 16.0. The Kier molecular flexibility index (Phi) is 5.19. The highest BCUT2D eigenvalue weighted by atomic mass is 32.1. The maximum absolute atomic E-state index is 12.1. The van der Waals surface area contributed by atoms with Crippen LogP contribution in [0.3, 0.4) is 0 Å². The van der Waals surface area contributed by atoms with E-state index in [0.717, 1.165) is 22.9 Å². The second kappa shape index (κ2) is 7.91. The second-order valence-electron chi connectivity index (χ2n) is 6.51. The molecule has 0 amide bonds. The Labute approximate surface area is 162 Å². The molecule has 0 aliphatic rings. The van der Waals surface area contributed by atoms with Crippen LogP contribution in [0, 0.1) is 0 Å². The first-order valence-corrected chi connectivity index (χ1v) is 10.00. The fourth-order valence-corrected chi connectivity index (χ4v) is 4.16.